The molecule has 0 atom stereocenters. The number of rotatable bonds is 5. The molecule has 144 valence electrons. The van der Waals surface area contributed by atoms with Gasteiger partial charge in [0.15, 0.2) is 0 Å². The maximum Gasteiger partial charge on any atom is 0.264 e. The second-order valence-electron chi connectivity index (χ2n) is 6.25. The van der Waals surface area contributed by atoms with Crippen molar-refractivity contribution in [3.63, 3.8) is 0 Å². The molecule has 0 fully saturated rings. The number of hydrogen-bond acceptors (Lipinski definition) is 3. The molecule has 0 heterocycles. The van der Waals surface area contributed by atoms with Gasteiger partial charge in [-0.1, -0.05) is 35.9 Å². The Labute approximate surface area is 169 Å². The second kappa shape index (κ2) is 8.04. The largest absolute Gasteiger partial charge is 0.322 e. The molecule has 0 radical (unpaired) electrons. The quantitative estimate of drug-likeness (QED) is 0.656. The molecular weight excluding hydrogens is 396 g/mol. The Morgan fingerprint density at radius 1 is 0.964 bits per heavy atom. The van der Waals surface area contributed by atoms with Crippen LogP contribution < -0.4 is 9.62 Å². The van der Waals surface area contributed by atoms with Crippen LogP contribution in [0, 0.1) is 6.92 Å². The number of hydrogen-bond donors (Lipinski definition) is 1. The molecule has 0 saturated heterocycles. The monoisotopic (exact) mass is 414 g/mol. The minimum absolute atomic E-state index is 0.184. The zero-order valence-electron chi connectivity index (χ0n) is 15.4. The summed E-state index contributed by atoms with van der Waals surface area (Å²) in [4.78, 5) is 12.8. The molecule has 1 amide bonds. The predicted octanol–water partition coefficient (Wildman–Crippen LogP) is 4.73. The van der Waals surface area contributed by atoms with E-state index in [1.54, 1.807) is 60.7 Å². The molecule has 3 rings (SSSR count). The van der Waals surface area contributed by atoms with Crippen LogP contribution >= 0.6 is 11.6 Å². The Morgan fingerprint density at radius 3 is 2.36 bits per heavy atom. The van der Waals surface area contributed by atoms with E-state index in [9.17, 15) is 13.2 Å². The molecule has 0 aliphatic carbocycles. The van der Waals surface area contributed by atoms with Crippen molar-refractivity contribution < 1.29 is 13.2 Å². The van der Waals surface area contributed by atoms with E-state index >= 15 is 0 Å². The van der Waals surface area contributed by atoms with Gasteiger partial charge < -0.3 is 5.32 Å². The summed E-state index contributed by atoms with van der Waals surface area (Å²) in [5.74, 6) is -0.335. The molecule has 0 saturated carbocycles. The van der Waals surface area contributed by atoms with Gasteiger partial charge in [0.1, 0.15) is 0 Å². The van der Waals surface area contributed by atoms with E-state index in [1.807, 2.05) is 6.92 Å². The molecule has 28 heavy (non-hydrogen) atoms. The lowest BCUT2D eigenvalue weighted by Gasteiger charge is -2.20. The van der Waals surface area contributed by atoms with Gasteiger partial charge in [0.25, 0.3) is 15.9 Å². The average Bonchev–Trinajstić information content (AvgIpc) is 2.70. The Balaban J connectivity index is 1.86. The first-order chi connectivity index (χ1) is 13.3. The number of amides is 1. The molecule has 5 nitrogen and oxygen atoms in total. The third-order valence-electron chi connectivity index (χ3n) is 4.31. The third-order valence-corrected chi connectivity index (χ3v) is 6.35. The SMILES string of the molecule is Cc1cc(Cl)ccc1NC(=O)c1cccc(N(C)S(=O)(=O)c2ccccc2)c1. The molecule has 0 bridgehead atoms. The lowest BCUT2D eigenvalue weighted by atomic mass is 10.1. The summed E-state index contributed by atoms with van der Waals surface area (Å²) < 4.78 is 26.7. The molecule has 1 N–H and O–H groups in total. The van der Waals surface area contributed by atoms with E-state index in [4.69, 9.17) is 11.6 Å². The minimum Gasteiger partial charge on any atom is -0.322 e. The van der Waals surface area contributed by atoms with Crippen LogP contribution in [0.4, 0.5) is 11.4 Å². The van der Waals surface area contributed by atoms with Crippen molar-refractivity contribution in [3.8, 4) is 0 Å². The summed E-state index contributed by atoms with van der Waals surface area (Å²) in [7, 11) is -2.26. The molecule has 0 aliphatic rings. The molecule has 0 spiro atoms. The maximum atomic E-state index is 12.8. The molecule has 7 heteroatoms. The summed E-state index contributed by atoms with van der Waals surface area (Å²) in [6, 6.07) is 19.8. The smallest absolute Gasteiger partial charge is 0.264 e. The van der Waals surface area contributed by atoms with Crippen molar-refractivity contribution in [1.82, 2.24) is 0 Å². The van der Waals surface area contributed by atoms with Gasteiger partial charge in [0, 0.05) is 23.3 Å². The van der Waals surface area contributed by atoms with E-state index in [0.717, 1.165) is 9.87 Å². The van der Waals surface area contributed by atoms with Gasteiger partial charge in [-0.3, -0.25) is 9.10 Å². The van der Waals surface area contributed by atoms with Gasteiger partial charge in [0.2, 0.25) is 0 Å². The summed E-state index contributed by atoms with van der Waals surface area (Å²) >= 11 is 5.94. The van der Waals surface area contributed by atoms with E-state index in [-0.39, 0.29) is 10.8 Å². The number of benzene rings is 3. The number of nitrogens with zero attached hydrogens (tertiary/aromatic N) is 1. The van der Waals surface area contributed by atoms with Gasteiger partial charge >= 0.3 is 0 Å². The van der Waals surface area contributed by atoms with Gasteiger partial charge in [-0.2, -0.15) is 0 Å². The highest BCUT2D eigenvalue weighted by molar-refractivity contribution is 7.92. The van der Waals surface area contributed by atoms with Gasteiger partial charge in [-0.05, 0) is 61.0 Å². The van der Waals surface area contributed by atoms with Crippen molar-refractivity contribution >= 4 is 38.9 Å². The Bertz CT molecular complexity index is 1120. The summed E-state index contributed by atoms with van der Waals surface area (Å²) in [6.07, 6.45) is 0. The highest BCUT2D eigenvalue weighted by Gasteiger charge is 2.21. The third kappa shape index (κ3) is 4.18. The highest BCUT2D eigenvalue weighted by atomic mass is 35.5. The first kappa shape index (κ1) is 19.9. The minimum atomic E-state index is -3.72. The first-order valence-corrected chi connectivity index (χ1v) is 10.3. The standard InChI is InChI=1S/C21H19ClN2O3S/c1-15-13-17(22)11-12-20(15)23-21(25)16-7-6-8-18(14-16)24(2)28(26,27)19-9-4-3-5-10-19/h3-14H,1-2H3,(H,23,25). The second-order valence-corrected chi connectivity index (χ2v) is 8.65. The van der Waals surface area contributed by atoms with E-state index in [0.29, 0.717) is 22.0 Å². The molecule has 3 aromatic carbocycles. The van der Waals surface area contributed by atoms with E-state index < -0.39 is 10.0 Å². The molecule has 0 aliphatic heterocycles. The first-order valence-electron chi connectivity index (χ1n) is 8.50. The van der Waals surface area contributed by atoms with Crippen LogP contribution in [0.3, 0.4) is 0 Å². The average molecular weight is 415 g/mol. The predicted molar refractivity (Wildman–Crippen MR) is 113 cm³/mol. The van der Waals surface area contributed by atoms with E-state index in [2.05, 4.69) is 5.32 Å². The van der Waals surface area contributed by atoms with Crippen molar-refractivity contribution in [2.24, 2.45) is 0 Å². The fraction of sp³-hybridized carbons (Fsp3) is 0.0952. The number of nitrogens with one attached hydrogen (secondary N) is 1. The van der Waals surface area contributed by atoms with Crippen molar-refractivity contribution in [3.05, 3.63) is 88.9 Å². The number of aryl methyl sites for hydroxylation is 1. The fourth-order valence-electron chi connectivity index (χ4n) is 2.69. The summed E-state index contributed by atoms with van der Waals surface area (Å²) in [5, 5.41) is 3.41. The van der Waals surface area contributed by atoms with Crippen LogP contribution in [0.15, 0.2) is 77.7 Å². The number of carbonyl (C=O) groups is 1. The highest BCUT2D eigenvalue weighted by Crippen LogP contribution is 2.24. The molecular formula is C21H19ClN2O3S. The van der Waals surface area contributed by atoms with Gasteiger partial charge in [-0.15, -0.1) is 0 Å². The normalized spacial score (nSPS) is 11.1. The summed E-state index contributed by atoms with van der Waals surface area (Å²) in [6.45, 7) is 1.85. The zero-order valence-corrected chi connectivity index (χ0v) is 17.0. The van der Waals surface area contributed by atoms with E-state index in [1.165, 1.54) is 19.2 Å². The Hall–Kier alpha value is -2.83. The summed E-state index contributed by atoms with van der Waals surface area (Å²) in [5.41, 5.74) is 2.22. The van der Waals surface area contributed by atoms with Crippen LogP contribution in [0.25, 0.3) is 0 Å². The molecule has 3 aromatic rings. The lowest BCUT2D eigenvalue weighted by Crippen LogP contribution is -2.26. The van der Waals surface area contributed by atoms with Crippen LogP contribution in [0.2, 0.25) is 5.02 Å². The fourth-order valence-corrected chi connectivity index (χ4v) is 4.13. The Morgan fingerprint density at radius 2 is 1.68 bits per heavy atom. The number of halogens is 1. The number of carbonyl (C=O) groups excluding carboxylic acids is 1. The Kier molecular flexibility index (Phi) is 5.72. The topological polar surface area (TPSA) is 66.5 Å². The van der Waals surface area contributed by atoms with Crippen LogP contribution in [-0.2, 0) is 10.0 Å². The van der Waals surface area contributed by atoms with Crippen LogP contribution in [-0.4, -0.2) is 21.4 Å². The van der Waals surface area contributed by atoms with Gasteiger partial charge in [-0.25, -0.2) is 8.42 Å². The van der Waals surface area contributed by atoms with Crippen LogP contribution in [0.1, 0.15) is 15.9 Å². The van der Waals surface area contributed by atoms with Crippen molar-refractivity contribution in [2.75, 3.05) is 16.7 Å². The molecule has 0 unspecified atom stereocenters. The van der Waals surface area contributed by atoms with Crippen molar-refractivity contribution in [1.29, 1.82) is 0 Å². The number of sulfonamides is 1. The van der Waals surface area contributed by atoms with Crippen LogP contribution in [0.5, 0.6) is 0 Å². The van der Waals surface area contributed by atoms with Crippen molar-refractivity contribution in [2.45, 2.75) is 11.8 Å². The number of anilines is 2. The maximum absolute atomic E-state index is 12.8. The molecule has 0 aromatic heterocycles. The lowest BCUT2D eigenvalue weighted by molar-refractivity contribution is 0.102. The van der Waals surface area contributed by atoms with Gasteiger partial charge in [0.05, 0.1) is 10.6 Å². The zero-order chi connectivity index (χ0) is 20.3.